The van der Waals surface area contributed by atoms with E-state index in [4.69, 9.17) is 0 Å². The fraction of sp³-hybridized carbons (Fsp3) is 0.500. The fourth-order valence-electron chi connectivity index (χ4n) is 2.80. The van der Waals surface area contributed by atoms with Crippen molar-refractivity contribution >= 4 is 6.29 Å². The Kier molecular flexibility index (Phi) is 3.10. The lowest BCUT2D eigenvalue weighted by Gasteiger charge is -2.45. The molecular weight excluding hydrogens is 198 g/mol. The normalized spacial score (nSPS) is 18.2. The first-order valence-corrected chi connectivity index (χ1v) is 5.87. The lowest BCUT2D eigenvalue weighted by atomic mass is 9.63. The van der Waals surface area contributed by atoms with Gasteiger partial charge in [0.25, 0.3) is 0 Å². The van der Waals surface area contributed by atoms with Crippen LogP contribution in [0.4, 0.5) is 0 Å². The summed E-state index contributed by atoms with van der Waals surface area (Å²) in [6, 6.07) is 8.03. The maximum absolute atomic E-state index is 11.1. The average Bonchev–Trinajstić information content (AvgIpc) is 2.23. The molecular formula is C14H19NO. The molecule has 0 amide bonds. The molecule has 2 rings (SSSR count). The quantitative estimate of drug-likeness (QED) is 0.722. The second-order valence-electron chi connectivity index (χ2n) is 5.08. The molecule has 86 valence electrons. The Labute approximate surface area is 97.3 Å². The molecule has 0 aromatic heterocycles. The Hall–Kier alpha value is -1.15. The minimum Gasteiger partial charge on any atom is -0.309 e. The van der Waals surface area contributed by atoms with Crippen LogP contribution in [-0.2, 0) is 5.41 Å². The number of aldehydes is 1. The summed E-state index contributed by atoms with van der Waals surface area (Å²) in [5.74, 6) is 0. The van der Waals surface area contributed by atoms with E-state index in [2.05, 4.69) is 25.1 Å². The van der Waals surface area contributed by atoms with Crippen LogP contribution in [0.25, 0.3) is 0 Å². The summed E-state index contributed by atoms with van der Waals surface area (Å²) < 4.78 is 0. The van der Waals surface area contributed by atoms with Crippen molar-refractivity contribution in [1.82, 2.24) is 4.90 Å². The Morgan fingerprint density at radius 1 is 1.31 bits per heavy atom. The molecule has 0 spiro atoms. The van der Waals surface area contributed by atoms with Gasteiger partial charge >= 0.3 is 0 Å². The van der Waals surface area contributed by atoms with Gasteiger partial charge in [-0.2, -0.15) is 0 Å². The molecule has 0 aliphatic heterocycles. The number of hydrogen-bond donors (Lipinski definition) is 0. The van der Waals surface area contributed by atoms with Gasteiger partial charge in [0.1, 0.15) is 6.29 Å². The van der Waals surface area contributed by atoms with Crippen LogP contribution in [0.5, 0.6) is 0 Å². The smallest absolute Gasteiger partial charge is 0.150 e. The summed E-state index contributed by atoms with van der Waals surface area (Å²) in [4.78, 5) is 13.3. The van der Waals surface area contributed by atoms with Crippen molar-refractivity contribution in [3.63, 3.8) is 0 Å². The van der Waals surface area contributed by atoms with E-state index in [9.17, 15) is 4.79 Å². The molecule has 0 atom stereocenters. The Bertz CT molecular complexity index is 380. The van der Waals surface area contributed by atoms with Crippen LogP contribution in [0.15, 0.2) is 24.3 Å². The second-order valence-corrected chi connectivity index (χ2v) is 5.08. The zero-order valence-electron chi connectivity index (χ0n) is 10.1. The minimum absolute atomic E-state index is 0.223. The highest BCUT2D eigenvalue weighted by Gasteiger charge is 2.40. The van der Waals surface area contributed by atoms with Crippen molar-refractivity contribution in [1.29, 1.82) is 0 Å². The predicted molar refractivity (Wildman–Crippen MR) is 65.9 cm³/mol. The van der Waals surface area contributed by atoms with Crippen LogP contribution in [0.3, 0.4) is 0 Å². The van der Waals surface area contributed by atoms with Crippen LogP contribution < -0.4 is 0 Å². The van der Waals surface area contributed by atoms with E-state index in [1.54, 1.807) is 0 Å². The molecule has 16 heavy (non-hydrogen) atoms. The third-order valence-corrected chi connectivity index (χ3v) is 3.59. The van der Waals surface area contributed by atoms with Crippen LogP contribution in [0.2, 0.25) is 0 Å². The van der Waals surface area contributed by atoms with E-state index in [-0.39, 0.29) is 5.41 Å². The molecule has 1 aliphatic carbocycles. The summed E-state index contributed by atoms with van der Waals surface area (Å²) in [6.45, 7) is 1.04. The molecule has 1 aliphatic rings. The van der Waals surface area contributed by atoms with Crippen molar-refractivity contribution in [2.75, 3.05) is 20.6 Å². The second kappa shape index (κ2) is 4.38. The van der Waals surface area contributed by atoms with Crippen molar-refractivity contribution in [3.8, 4) is 0 Å². The maximum Gasteiger partial charge on any atom is 0.150 e. The minimum atomic E-state index is 0.223. The van der Waals surface area contributed by atoms with E-state index in [1.807, 2.05) is 18.2 Å². The number of hydrogen-bond acceptors (Lipinski definition) is 2. The number of benzene rings is 1. The average molecular weight is 217 g/mol. The summed E-state index contributed by atoms with van der Waals surface area (Å²) in [7, 11) is 4.20. The first-order valence-electron chi connectivity index (χ1n) is 5.87. The van der Waals surface area contributed by atoms with Crippen LogP contribution in [0, 0.1) is 0 Å². The lowest BCUT2D eigenvalue weighted by Crippen LogP contribution is -2.44. The van der Waals surface area contributed by atoms with E-state index in [0.717, 1.165) is 18.4 Å². The van der Waals surface area contributed by atoms with E-state index in [0.29, 0.717) is 0 Å². The zero-order valence-corrected chi connectivity index (χ0v) is 10.1. The Morgan fingerprint density at radius 3 is 2.50 bits per heavy atom. The first-order chi connectivity index (χ1) is 7.68. The van der Waals surface area contributed by atoms with Crippen molar-refractivity contribution in [3.05, 3.63) is 35.4 Å². The van der Waals surface area contributed by atoms with Crippen molar-refractivity contribution in [2.45, 2.75) is 24.7 Å². The van der Waals surface area contributed by atoms with Gasteiger partial charge in [0.15, 0.2) is 0 Å². The number of nitrogens with zero attached hydrogens (tertiary/aromatic N) is 1. The van der Waals surface area contributed by atoms with Gasteiger partial charge in [0.2, 0.25) is 0 Å². The van der Waals surface area contributed by atoms with Gasteiger partial charge in [0.05, 0.1) is 0 Å². The first kappa shape index (κ1) is 11.3. The number of likely N-dealkylation sites (N-methyl/N-ethyl adjacent to an activating group) is 1. The monoisotopic (exact) mass is 217 g/mol. The molecule has 0 saturated heterocycles. The van der Waals surface area contributed by atoms with Crippen LogP contribution in [-0.4, -0.2) is 31.8 Å². The van der Waals surface area contributed by atoms with E-state index < -0.39 is 0 Å². The summed E-state index contributed by atoms with van der Waals surface area (Å²) in [5, 5.41) is 0. The highest BCUT2D eigenvalue weighted by Crippen LogP contribution is 2.45. The molecule has 0 bridgehead atoms. The highest BCUT2D eigenvalue weighted by molar-refractivity contribution is 5.78. The zero-order chi connectivity index (χ0) is 11.6. The number of carbonyl (C=O) groups is 1. The summed E-state index contributed by atoms with van der Waals surface area (Å²) in [5.41, 5.74) is 2.33. The van der Waals surface area contributed by atoms with Gasteiger partial charge in [-0.3, -0.25) is 4.79 Å². The van der Waals surface area contributed by atoms with E-state index in [1.165, 1.54) is 24.8 Å². The van der Waals surface area contributed by atoms with Crippen LogP contribution in [0.1, 0.15) is 35.2 Å². The molecule has 1 saturated carbocycles. The predicted octanol–water partition coefficient (Wildman–Crippen LogP) is 2.48. The van der Waals surface area contributed by atoms with Crippen LogP contribution >= 0.6 is 0 Å². The molecule has 1 fully saturated rings. The van der Waals surface area contributed by atoms with Gasteiger partial charge < -0.3 is 4.90 Å². The molecule has 2 nitrogen and oxygen atoms in total. The number of rotatable bonds is 4. The molecule has 0 heterocycles. The Balaban J connectivity index is 2.36. The molecule has 2 heteroatoms. The van der Waals surface area contributed by atoms with Gasteiger partial charge in [-0.25, -0.2) is 0 Å². The SMILES string of the molecule is CN(C)CC1(c2ccccc2C=O)CCC1. The summed E-state index contributed by atoms with van der Waals surface area (Å²) >= 11 is 0. The third-order valence-electron chi connectivity index (χ3n) is 3.59. The van der Waals surface area contributed by atoms with E-state index >= 15 is 0 Å². The van der Waals surface area contributed by atoms with Crippen molar-refractivity contribution < 1.29 is 4.79 Å². The lowest BCUT2D eigenvalue weighted by molar-refractivity contribution is 0.111. The third kappa shape index (κ3) is 1.90. The maximum atomic E-state index is 11.1. The van der Waals surface area contributed by atoms with Gasteiger partial charge in [-0.05, 0) is 32.5 Å². The largest absolute Gasteiger partial charge is 0.309 e. The molecule has 0 unspecified atom stereocenters. The highest BCUT2D eigenvalue weighted by atomic mass is 16.1. The van der Waals surface area contributed by atoms with Gasteiger partial charge in [-0.1, -0.05) is 30.7 Å². The fourth-order valence-corrected chi connectivity index (χ4v) is 2.80. The summed E-state index contributed by atoms with van der Waals surface area (Å²) in [6.07, 6.45) is 4.68. The topological polar surface area (TPSA) is 20.3 Å². The Morgan fingerprint density at radius 2 is 2.00 bits per heavy atom. The van der Waals surface area contributed by atoms with Crippen molar-refractivity contribution in [2.24, 2.45) is 0 Å². The number of carbonyl (C=O) groups excluding carboxylic acids is 1. The molecule has 1 aromatic carbocycles. The van der Waals surface area contributed by atoms with Gasteiger partial charge in [-0.15, -0.1) is 0 Å². The van der Waals surface area contributed by atoms with Gasteiger partial charge in [0, 0.05) is 17.5 Å². The molecule has 0 N–H and O–H groups in total. The standard InChI is InChI=1S/C14H19NO/c1-15(2)11-14(8-5-9-14)13-7-4-3-6-12(13)10-16/h3-4,6-7,10H,5,8-9,11H2,1-2H3. The molecule has 0 radical (unpaired) electrons. The molecule has 1 aromatic rings.